The molecule has 0 aromatic rings. The summed E-state index contributed by atoms with van der Waals surface area (Å²) in [6.07, 6.45) is 0.951. The van der Waals surface area contributed by atoms with Gasteiger partial charge in [0.25, 0.3) is 0 Å². The molecular formula is C12H29NOSSi3. The van der Waals surface area contributed by atoms with Gasteiger partial charge in [0, 0.05) is 6.42 Å². The van der Waals surface area contributed by atoms with Gasteiger partial charge in [0.05, 0.1) is 0 Å². The van der Waals surface area contributed by atoms with Crippen LogP contribution in [0.25, 0.3) is 0 Å². The molecule has 0 aromatic carbocycles. The normalized spacial score (nSPS) is 23.1. The highest BCUT2D eigenvalue weighted by Gasteiger charge is 2.46. The lowest BCUT2D eigenvalue weighted by Crippen LogP contribution is -2.55. The molecule has 0 atom stereocenters. The second-order valence-corrected chi connectivity index (χ2v) is 22.3. The Bertz CT molecular complexity index is 310. The Morgan fingerprint density at radius 1 is 1.11 bits per heavy atom. The summed E-state index contributed by atoms with van der Waals surface area (Å²) in [5, 5.41) is 0.843. The molecule has 0 aromatic heterocycles. The van der Waals surface area contributed by atoms with Gasteiger partial charge in [-0.1, -0.05) is 26.2 Å². The highest BCUT2D eigenvalue weighted by Crippen LogP contribution is 2.36. The zero-order valence-electron chi connectivity index (χ0n) is 13.1. The molecule has 18 heavy (non-hydrogen) atoms. The van der Waals surface area contributed by atoms with Crippen molar-refractivity contribution < 1.29 is 4.43 Å². The zero-order valence-corrected chi connectivity index (χ0v) is 16.9. The Hall–Kier alpha value is 0.501. The van der Waals surface area contributed by atoms with Crippen LogP contribution in [0.2, 0.25) is 57.9 Å². The molecule has 0 spiro atoms. The van der Waals surface area contributed by atoms with E-state index in [1.807, 2.05) is 0 Å². The van der Waals surface area contributed by atoms with E-state index in [1.54, 1.807) is 0 Å². The molecule has 0 bridgehead atoms. The van der Waals surface area contributed by atoms with Crippen molar-refractivity contribution in [2.75, 3.05) is 6.54 Å². The van der Waals surface area contributed by atoms with Gasteiger partial charge in [-0.2, -0.15) is 0 Å². The van der Waals surface area contributed by atoms with Crippen LogP contribution >= 0.6 is 12.2 Å². The van der Waals surface area contributed by atoms with Crippen LogP contribution < -0.4 is 0 Å². The summed E-state index contributed by atoms with van der Waals surface area (Å²) in [5.74, 6) is 0. The smallest absolute Gasteiger partial charge is 0.242 e. The third-order valence-electron chi connectivity index (χ3n) is 3.77. The lowest BCUT2D eigenvalue weighted by molar-refractivity contribution is 0.529. The number of rotatable bonds is 4. The number of thiocarbonyl (C=S) groups is 1. The van der Waals surface area contributed by atoms with Gasteiger partial charge in [-0.3, -0.25) is 0 Å². The van der Waals surface area contributed by atoms with Gasteiger partial charge in [-0.05, 0) is 50.5 Å². The van der Waals surface area contributed by atoms with Crippen molar-refractivity contribution in [3.05, 3.63) is 0 Å². The fraction of sp³-hybridized carbons (Fsp3) is 0.917. The fourth-order valence-corrected chi connectivity index (χ4v) is 18.6. The average Bonchev–Trinajstić information content (AvgIpc) is 2.31. The Morgan fingerprint density at radius 3 is 1.94 bits per heavy atom. The molecule has 2 nitrogen and oxygen atoms in total. The van der Waals surface area contributed by atoms with Crippen LogP contribution in [0.1, 0.15) is 6.42 Å². The van der Waals surface area contributed by atoms with E-state index in [0.717, 1.165) is 18.0 Å². The summed E-state index contributed by atoms with van der Waals surface area (Å²) in [6.45, 7) is 17.8. The number of hydrogen-bond acceptors (Lipinski definition) is 3. The molecule has 0 radical (unpaired) electrons. The topological polar surface area (TPSA) is 12.5 Å². The molecule has 0 saturated carbocycles. The minimum absolute atomic E-state index is 0.843. The van der Waals surface area contributed by atoms with Crippen molar-refractivity contribution in [2.45, 2.75) is 64.3 Å². The molecule has 0 aliphatic carbocycles. The van der Waals surface area contributed by atoms with Gasteiger partial charge in [-0.25, -0.2) is 0 Å². The summed E-state index contributed by atoms with van der Waals surface area (Å²) < 4.78 is 8.78. The van der Waals surface area contributed by atoms with Gasteiger partial charge < -0.3 is 8.66 Å². The summed E-state index contributed by atoms with van der Waals surface area (Å²) in [6, 6.07) is 2.93. The van der Waals surface area contributed by atoms with Crippen molar-refractivity contribution in [1.82, 2.24) is 4.23 Å². The predicted octanol–water partition coefficient (Wildman–Crippen LogP) is 4.28. The average molecular weight is 320 g/mol. The van der Waals surface area contributed by atoms with Crippen molar-refractivity contribution in [3.63, 3.8) is 0 Å². The fourth-order valence-electron chi connectivity index (χ4n) is 2.90. The van der Waals surface area contributed by atoms with E-state index in [2.05, 4.69) is 50.1 Å². The van der Waals surface area contributed by atoms with E-state index >= 15 is 0 Å². The Morgan fingerprint density at radius 2 is 1.56 bits per heavy atom. The number of nitrogens with zero attached hydrogens (tertiary/aromatic N) is 1. The summed E-state index contributed by atoms with van der Waals surface area (Å²) >= 11 is 5.40. The van der Waals surface area contributed by atoms with E-state index in [0.29, 0.717) is 0 Å². The monoisotopic (exact) mass is 319 g/mol. The first-order chi connectivity index (χ1) is 7.94. The van der Waals surface area contributed by atoms with Gasteiger partial charge in [0.2, 0.25) is 8.32 Å². The van der Waals surface area contributed by atoms with E-state index < -0.39 is 24.8 Å². The third kappa shape index (κ3) is 4.56. The molecule has 1 heterocycles. The van der Waals surface area contributed by atoms with Gasteiger partial charge in [0.15, 0.2) is 0 Å². The molecule has 1 rings (SSSR count). The van der Waals surface area contributed by atoms with Crippen LogP contribution in [0.4, 0.5) is 0 Å². The van der Waals surface area contributed by atoms with Crippen LogP contribution in [0.3, 0.4) is 0 Å². The number of hydrogen-bond donors (Lipinski definition) is 0. The van der Waals surface area contributed by atoms with Crippen LogP contribution in [0, 0.1) is 0 Å². The van der Waals surface area contributed by atoms with E-state index in [9.17, 15) is 0 Å². The molecule has 0 unspecified atom stereocenters. The second kappa shape index (κ2) is 5.48. The quantitative estimate of drug-likeness (QED) is 0.567. The molecule has 106 valence electrons. The molecule has 1 aliphatic rings. The first-order valence-corrected chi connectivity index (χ1v) is 17.1. The highest BCUT2D eigenvalue weighted by molar-refractivity contribution is 7.80. The van der Waals surface area contributed by atoms with Crippen LogP contribution in [0.5, 0.6) is 0 Å². The minimum atomic E-state index is -1.51. The third-order valence-corrected chi connectivity index (χ3v) is 15.5. The van der Waals surface area contributed by atoms with E-state index in [4.69, 9.17) is 16.6 Å². The summed E-state index contributed by atoms with van der Waals surface area (Å²) in [5.41, 5.74) is 0. The lowest BCUT2D eigenvalue weighted by Gasteiger charge is -2.39. The van der Waals surface area contributed by atoms with Crippen LogP contribution in [0.15, 0.2) is 0 Å². The summed E-state index contributed by atoms with van der Waals surface area (Å²) in [7, 11) is -3.78. The molecule has 6 heteroatoms. The minimum Gasteiger partial charge on any atom is -0.540 e. The molecule has 1 fully saturated rings. The van der Waals surface area contributed by atoms with Crippen LogP contribution in [-0.2, 0) is 4.43 Å². The molecule has 0 N–H and O–H groups in total. The van der Waals surface area contributed by atoms with Crippen molar-refractivity contribution >= 4 is 42.1 Å². The summed E-state index contributed by atoms with van der Waals surface area (Å²) in [4.78, 5) is 0. The van der Waals surface area contributed by atoms with E-state index in [1.165, 1.54) is 12.1 Å². The highest BCUT2D eigenvalue weighted by atomic mass is 32.1. The van der Waals surface area contributed by atoms with Gasteiger partial charge in [-0.15, -0.1) is 0 Å². The molecule has 1 saturated heterocycles. The second-order valence-electron chi connectivity index (χ2n) is 7.61. The maximum Gasteiger partial charge on any atom is 0.242 e. The standard InChI is InChI=1S/C12H29NOSSi3/c1-16(2,3)14-12(15)8-9-13-17(4,5)10-11-18(13,6)7/h8-11H2,1-7H3. The maximum atomic E-state index is 5.91. The zero-order chi connectivity index (χ0) is 14.2. The Labute approximate surface area is 121 Å². The SMILES string of the molecule is C[Si](C)(C)OC(=S)CCN1[Si](C)(C)CC[Si]1(C)C. The molecular weight excluding hydrogens is 290 g/mol. The Kier molecular flexibility index (Phi) is 5.04. The van der Waals surface area contributed by atoms with E-state index in [-0.39, 0.29) is 0 Å². The largest absolute Gasteiger partial charge is 0.540 e. The predicted molar refractivity (Wildman–Crippen MR) is 92.9 cm³/mol. The molecule has 1 aliphatic heterocycles. The van der Waals surface area contributed by atoms with Crippen LogP contribution in [-0.4, -0.2) is 40.6 Å². The first-order valence-electron chi connectivity index (χ1n) is 6.94. The van der Waals surface area contributed by atoms with Crippen molar-refractivity contribution in [2.24, 2.45) is 0 Å². The van der Waals surface area contributed by atoms with Gasteiger partial charge in [0.1, 0.15) is 21.5 Å². The van der Waals surface area contributed by atoms with Crippen molar-refractivity contribution in [1.29, 1.82) is 0 Å². The lowest BCUT2D eigenvalue weighted by atomic mass is 10.5. The molecule has 0 amide bonds. The maximum absolute atomic E-state index is 5.91. The Balaban J connectivity index is 2.55. The van der Waals surface area contributed by atoms with Gasteiger partial charge >= 0.3 is 0 Å². The first kappa shape index (κ1) is 16.6. The van der Waals surface area contributed by atoms with Crippen molar-refractivity contribution in [3.8, 4) is 0 Å².